The fourth-order valence-electron chi connectivity index (χ4n) is 1.96. The Morgan fingerprint density at radius 3 is 2.50 bits per heavy atom. The summed E-state index contributed by atoms with van der Waals surface area (Å²) in [5.41, 5.74) is 0.318. The van der Waals surface area contributed by atoms with E-state index in [0.717, 1.165) is 6.20 Å². The zero-order chi connectivity index (χ0) is 17.1. The molecule has 1 heterocycles. The van der Waals surface area contributed by atoms with Gasteiger partial charge in [0.05, 0.1) is 5.02 Å². The molecule has 7 heteroatoms. The maximum atomic E-state index is 13.0. The van der Waals surface area contributed by atoms with Crippen LogP contribution in [-0.2, 0) is 0 Å². The van der Waals surface area contributed by atoms with Gasteiger partial charge in [0.1, 0.15) is 17.1 Å². The van der Waals surface area contributed by atoms with Gasteiger partial charge in [-0.3, -0.25) is 0 Å². The average molecular weight is 345 g/mol. The van der Waals surface area contributed by atoms with E-state index in [4.69, 9.17) is 16.3 Å². The summed E-state index contributed by atoms with van der Waals surface area (Å²) in [6, 6.07) is 12.1. The quantitative estimate of drug-likeness (QED) is 0.758. The number of ether oxygens (including phenoxy) is 1. The standard InChI is InChI=1S/C17H10ClFN2O3/c18-13-3-1-2-4-14(13)24-16-12(17(22)23)9-20-15(21-16)10-5-7-11(19)8-6-10/h1-9H,(H,22,23). The Kier molecular flexibility index (Phi) is 4.39. The molecule has 0 saturated carbocycles. The minimum absolute atomic E-state index is 0.148. The number of para-hydroxylation sites is 1. The van der Waals surface area contributed by atoms with E-state index in [2.05, 4.69) is 9.97 Å². The number of carboxylic acid groups (broad SMARTS) is 1. The molecule has 0 amide bonds. The molecule has 0 spiro atoms. The number of benzene rings is 2. The van der Waals surface area contributed by atoms with E-state index in [1.54, 1.807) is 24.3 Å². The predicted octanol–water partition coefficient (Wildman–Crippen LogP) is 4.43. The van der Waals surface area contributed by atoms with Crippen LogP contribution in [0.1, 0.15) is 10.4 Å². The molecule has 5 nitrogen and oxygen atoms in total. The molecule has 24 heavy (non-hydrogen) atoms. The van der Waals surface area contributed by atoms with E-state index in [9.17, 15) is 14.3 Å². The second kappa shape index (κ2) is 6.64. The fourth-order valence-corrected chi connectivity index (χ4v) is 2.13. The highest BCUT2D eigenvalue weighted by molar-refractivity contribution is 6.32. The van der Waals surface area contributed by atoms with Gasteiger partial charge in [0.15, 0.2) is 5.82 Å². The van der Waals surface area contributed by atoms with Gasteiger partial charge in [-0.2, -0.15) is 4.98 Å². The van der Waals surface area contributed by atoms with Crippen LogP contribution in [0.4, 0.5) is 4.39 Å². The number of carboxylic acids is 1. The number of nitrogens with zero attached hydrogens (tertiary/aromatic N) is 2. The van der Waals surface area contributed by atoms with E-state index in [1.807, 2.05) is 0 Å². The van der Waals surface area contributed by atoms with Crippen LogP contribution in [0.5, 0.6) is 11.6 Å². The molecular weight excluding hydrogens is 335 g/mol. The highest BCUT2D eigenvalue weighted by Crippen LogP contribution is 2.30. The van der Waals surface area contributed by atoms with Crippen molar-refractivity contribution in [2.24, 2.45) is 0 Å². The van der Waals surface area contributed by atoms with E-state index >= 15 is 0 Å². The molecule has 0 aliphatic heterocycles. The zero-order valence-electron chi connectivity index (χ0n) is 12.1. The lowest BCUT2D eigenvalue weighted by Crippen LogP contribution is -2.05. The number of aromatic nitrogens is 2. The molecule has 0 aliphatic carbocycles. The molecule has 0 fully saturated rings. The Hall–Kier alpha value is -2.99. The van der Waals surface area contributed by atoms with Crippen LogP contribution in [0.25, 0.3) is 11.4 Å². The molecule has 120 valence electrons. The van der Waals surface area contributed by atoms with Crippen molar-refractivity contribution in [3.63, 3.8) is 0 Å². The van der Waals surface area contributed by atoms with Gasteiger partial charge in [-0.05, 0) is 36.4 Å². The number of carbonyl (C=O) groups is 1. The van der Waals surface area contributed by atoms with Crippen LogP contribution >= 0.6 is 11.6 Å². The van der Waals surface area contributed by atoms with E-state index < -0.39 is 11.8 Å². The normalized spacial score (nSPS) is 10.4. The molecule has 3 aromatic rings. The van der Waals surface area contributed by atoms with Crippen molar-refractivity contribution in [1.29, 1.82) is 0 Å². The Morgan fingerprint density at radius 1 is 1.12 bits per heavy atom. The Bertz CT molecular complexity index is 901. The number of hydrogen-bond donors (Lipinski definition) is 1. The van der Waals surface area contributed by atoms with Crippen molar-refractivity contribution < 1.29 is 19.0 Å². The van der Waals surface area contributed by atoms with Gasteiger partial charge in [-0.15, -0.1) is 0 Å². The lowest BCUT2D eigenvalue weighted by molar-refractivity contribution is 0.0693. The summed E-state index contributed by atoms with van der Waals surface area (Å²) < 4.78 is 18.6. The van der Waals surface area contributed by atoms with Gasteiger partial charge in [-0.1, -0.05) is 23.7 Å². The van der Waals surface area contributed by atoms with Crippen molar-refractivity contribution in [3.8, 4) is 23.0 Å². The van der Waals surface area contributed by atoms with Gasteiger partial charge < -0.3 is 9.84 Å². The van der Waals surface area contributed by atoms with Crippen molar-refractivity contribution >= 4 is 17.6 Å². The van der Waals surface area contributed by atoms with Crippen LogP contribution in [-0.4, -0.2) is 21.0 Å². The fraction of sp³-hybridized carbons (Fsp3) is 0. The SMILES string of the molecule is O=C(O)c1cnc(-c2ccc(F)cc2)nc1Oc1ccccc1Cl. The molecule has 1 aromatic heterocycles. The van der Waals surface area contributed by atoms with Crippen LogP contribution in [0.15, 0.2) is 54.7 Å². The second-order valence-corrected chi connectivity index (χ2v) is 5.16. The Morgan fingerprint density at radius 2 is 1.83 bits per heavy atom. The topological polar surface area (TPSA) is 72.3 Å². The smallest absolute Gasteiger partial charge is 0.342 e. The highest BCUT2D eigenvalue weighted by Gasteiger charge is 2.17. The van der Waals surface area contributed by atoms with Crippen LogP contribution < -0.4 is 4.74 Å². The third kappa shape index (κ3) is 3.33. The number of aromatic carboxylic acids is 1. The molecule has 1 N–H and O–H groups in total. The maximum Gasteiger partial charge on any atom is 0.342 e. The van der Waals surface area contributed by atoms with Crippen molar-refractivity contribution in [1.82, 2.24) is 9.97 Å². The summed E-state index contributed by atoms with van der Waals surface area (Å²) in [4.78, 5) is 19.5. The predicted molar refractivity (Wildman–Crippen MR) is 85.9 cm³/mol. The molecule has 0 saturated heterocycles. The molecule has 0 atom stereocenters. The summed E-state index contributed by atoms with van der Waals surface area (Å²) in [6.45, 7) is 0. The van der Waals surface area contributed by atoms with Crippen LogP contribution in [0.3, 0.4) is 0 Å². The molecule has 2 aromatic carbocycles. The summed E-state index contributed by atoms with van der Waals surface area (Å²) in [5, 5.41) is 9.58. The number of halogens is 2. The first-order valence-electron chi connectivity index (χ1n) is 6.83. The molecule has 0 radical (unpaired) electrons. The van der Waals surface area contributed by atoms with E-state index in [0.29, 0.717) is 10.6 Å². The van der Waals surface area contributed by atoms with Gasteiger partial charge in [0, 0.05) is 11.8 Å². The van der Waals surface area contributed by atoms with Crippen LogP contribution in [0, 0.1) is 5.82 Å². The van der Waals surface area contributed by atoms with Crippen LogP contribution in [0.2, 0.25) is 5.02 Å². The minimum atomic E-state index is -1.23. The summed E-state index contributed by atoms with van der Waals surface area (Å²) in [6.07, 6.45) is 1.14. The second-order valence-electron chi connectivity index (χ2n) is 4.76. The molecule has 0 unspecified atom stereocenters. The largest absolute Gasteiger partial charge is 0.477 e. The van der Waals surface area contributed by atoms with Gasteiger partial charge in [0.25, 0.3) is 0 Å². The first-order chi connectivity index (χ1) is 11.5. The van der Waals surface area contributed by atoms with E-state index in [-0.39, 0.29) is 23.0 Å². The maximum absolute atomic E-state index is 13.0. The Balaban J connectivity index is 2.05. The van der Waals surface area contributed by atoms with Crippen molar-refractivity contribution in [2.75, 3.05) is 0 Å². The van der Waals surface area contributed by atoms with Crippen molar-refractivity contribution in [2.45, 2.75) is 0 Å². The number of hydrogen-bond acceptors (Lipinski definition) is 4. The third-order valence-electron chi connectivity index (χ3n) is 3.13. The summed E-state index contributed by atoms with van der Waals surface area (Å²) >= 11 is 6.02. The summed E-state index contributed by atoms with van der Waals surface area (Å²) in [7, 11) is 0. The zero-order valence-corrected chi connectivity index (χ0v) is 12.9. The lowest BCUT2D eigenvalue weighted by Gasteiger charge is -2.10. The highest BCUT2D eigenvalue weighted by atomic mass is 35.5. The first kappa shape index (κ1) is 15.9. The van der Waals surface area contributed by atoms with Gasteiger partial charge >= 0.3 is 5.97 Å². The number of rotatable bonds is 4. The molecular formula is C17H10ClFN2O3. The lowest BCUT2D eigenvalue weighted by atomic mass is 10.2. The average Bonchev–Trinajstić information content (AvgIpc) is 2.57. The van der Waals surface area contributed by atoms with Gasteiger partial charge in [0.2, 0.25) is 5.88 Å². The van der Waals surface area contributed by atoms with Crippen molar-refractivity contribution in [3.05, 3.63) is 71.1 Å². The monoisotopic (exact) mass is 344 g/mol. The third-order valence-corrected chi connectivity index (χ3v) is 3.44. The summed E-state index contributed by atoms with van der Waals surface area (Å²) in [5.74, 6) is -1.30. The Labute approximate surface area is 141 Å². The van der Waals surface area contributed by atoms with E-state index in [1.165, 1.54) is 24.3 Å². The molecule has 3 rings (SSSR count). The van der Waals surface area contributed by atoms with Gasteiger partial charge in [-0.25, -0.2) is 14.2 Å². The minimum Gasteiger partial charge on any atom is -0.477 e. The first-order valence-corrected chi connectivity index (χ1v) is 7.21. The molecule has 0 aliphatic rings. The molecule has 0 bridgehead atoms.